The van der Waals surface area contributed by atoms with Gasteiger partial charge < -0.3 is 0 Å². The van der Waals surface area contributed by atoms with E-state index < -0.39 is 0 Å². The van der Waals surface area contributed by atoms with Crippen molar-refractivity contribution in [3.63, 3.8) is 0 Å². The van der Waals surface area contributed by atoms with Crippen molar-refractivity contribution in [2.75, 3.05) is 0 Å². The SMILES string of the molecule is Cc1ccc2nc(-c3ccccc3)cc(-c3nn4c(-c5ccccc5)nnc4s3)c2c1. The smallest absolute Gasteiger partial charge is 0.235 e. The highest BCUT2D eigenvalue weighted by Gasteiger charge is 2.17. The summed E-state index contributed by atoms with van der Waals surface area (Å²) in [6, 6.07) is 28.8. The molecule has 0 radical (unpaired) electrons. The van der Waals surface area contributed by atoms with Crippen molar-refractivity contribution in [3.8, 4) is 33.2 Å². The Morgan fingerprint density at radius 3 is 2.29 bits per heavy atom. The summed E-state index contributed by atoms with van der Waals surface area (Å²) in [7, 11) is 0. The molecule has 0 spiro atoms. The Hall–Kier alpha value is -3.90. The quantitative estimate of drug-likeness (QED) is 0.351. The number of aromatic nitrogens is 5. The monoisotopic (exact) mass is 419 g/mol. The number of benzene rings is 3. The highest BCUT2D eigenvalue weighted by Crippen LogP contribution is 2.35. The first-order valence-corrected chi connectivity index (χ1v) is 10.8. The zero-order chi connectivity index (χ0) is 20.8. The average molecular weight is 420 g/mol. The van der Waals surface area contributed by atoms with Gasteiger partial charge in [0.2, 0.25) is 4.96 Å². The maximum absolute atomic E-state index is 4.92. The van der Waals surface area contributed by atoms with Gasteiger partial charge in [0.1, 0.15) is 5.01 Å². The summed E-state index contributed by atoms with van der Waals surface area (Å²) in [5.74, 6) is 0.746. The largest absolute Gasteiger partial charge is 0.248 e. The number of fused-ring (bicyclic) bond motifs is 2. The molecule has 3 aromatic heterocycles. The van der Waals surface area contributed by atoms with E-state index in [0.717, 1.165) is 49.1 Å². The Kier molecular flexibility index (Phi) is 4.11. The predicted molar refractivity (Wildman–Crippen MR) is 125 cm³/mol. The molecule has 5 nitrogen and oxygen atoms in total. The molecule has 6 aromatic rings. The highest BCUT2D eigenvalue weighted by atomic mass is 32.1. The Morgan fingerprint density at radius 1 is 0.774 bits per heavy atom. The number of hydrogen-bond acceptors (Lipinski definition) is 5. The molecule has 0 aliphatic heterocycles. The summed E-state index contributed by atoms with van der Waals surface area (Å²) in [5, 5.41) is 15.6. The third-order valence-corrected chi connectivity index (χ3v) is 6.22. The zero-order valence-electron chi connectivity index (χ0n) is 16.7. The molecular weight excluding hydrogens is 402 g/mol. The van der Waals surface area contributed by atoms with Crippen molar-refractivity contribution in [2.24, 2.45) is 0 Å². The van der Waals surface area contributed by atoms with Crippen LogP contribution >= 0.6 is 11.3 Å². The first-order chi connectivity index (χ1) is 15.3. The fourth-order valence-corrected chi connectivity index (χ4v) is 4.64. The van der Waals surface area contributed by atoms with Crippen LogP contribution < -0.4 is 0 Å². The van der Waals surface area contributed by atoms with Gasteiger partial charge in [-0.1, -0.05) is 83.6 Å². The molecule has 0 fully saturated rings. The number of pyridine rings is 1. The number of aryl methyl sites for hydroxylation is 1. The number of rotatable bonds is 3. The third-order valence-electron chi connectivity index (χ3n) is 5.29. The van der Waals surface area contributed by atoms with Crippen LogP contribution in [0.25, 0.3) is 49.1 Å². The molecular formula is C25H17N5S. The van der Waals surface area contributed by atoms with Crippen LogP contribution in [0.5, 0.6) is 0 Å². The molecule has 0 unspecified atom stereocenters. The van der Waals surface area contributed by atoms with Crippen LogP contribution in [0, 0.1) is 6.92 Å². The first kappa shape index (κ1) is 17.9. The van der Waals surface area contributed by atoms with Crippen LogP contribution in [0.1, 0.15) is 5.56 Å². The van der Waals surface area contributed by atoms with Crippen molar-refractivity contribution in [2.45, 2.75) is 6.92 Å². The average Bonchev–Trinajstić information content (AvgIpc) is 3.40. The van der Waals surface area contributed by atoms with Crippen molar-refractivity contribution in [3.05, 3.63) is 90.5 Å². The van der Waals surface area contributed by atoms with Gasteiger partial charge >= 0.3 is 0 Å². The minimum atomic E-state index is 0.746. The van der Waals surface area contributed by atoms with Gasteiger partial charge in [0.05, 0.1) is 11.2 Å². The van der Waals surface area contributed by atoms with Gasteiger partial charge in [-0.15, -0.1) is 10.2 Å². The second-order valence-corrected chi connectivity index (χ2v) is 8.39. The maximum Gasteiger partial charge on any atom is 0.235 e. The van der Waals surface area contributed by atoms with Gasteiger partial charge in [0.25, 0.3) is 0 Å². The molecule has 6 rings (SSSR count). The lowest BCUT2D eigenvalue weighted by atomic mass is 10.0. The van der Waals surface area contributed by atoms with Crippen LogP contribution in [-0.4, -0.2) is 24.8 Å². The van der Waals surface area contributed by atoms with E-state index >= 15 is 0 Å². The van der Waals surface area contributed by atoms with Crippen LogP contribution in [-0.2, 0) is 0 Å². The first-order valence-electron chi connectivity index (χ1n) is 10.0. The molecule has 0 N–H and O–H groups in total. The Morgan fingerprint density at radius 2 is 1.52 bits per heavy atom. The lowest BCUT2D eigenvalue weighted by Gasteiger charge is -2.09. The number of nitrogens with zero attached hydrogens (tertiary/aromatic N) is 5. The van der Waals surface area contributed by atoms with Crippen LogP contribution in [0.2, 0.25) is 0 Å². The van der Waals surface area contributed by atoms with Crippen LogP contribution in [0.4, 0.5) is 0 Å². The normalized spacial score (nSPS) is 11.4. The summed E-state index contributed by atoms with van der Waals surface area (Å²) in [4.78, 5) is 5.69. The van der Waals surface area contributed by atoms with Crippen molar-refractivity contribution < 1.29 is 0 Å². The molecule has 0 aliphatic carbocycles. The van der Waals surface area contributed by atoms with E-state index in [1.165, 1.54) is 5.56 Å². The molecule has 148 valence electrons. The molecule has 0 bridgehead atoms. The van der Waals surface area contributed by atoms with Gasteiger partial charge in [0.15, 0.2) is 5.82 Å². The second kappa shape index (κ2) is 7.11. The minimum Gasteiger partial charge on any atom is -0.248 e. The van der Waals surface area contributed by atoms with Crippen LogP contribution in [0.3, 0.4) is 0 Å². The summed E-state index contributed by atoms with van der Waals surface area (Å²) < 4.78 is 1.83. The molecule has 0 atom stereocenters. The standard InChI is InChI=1S/C25H17N5S/c1-16-12-13-21-19(14-16)20(15-22(26-21)17-8-4-2-5-9-17)24-29-30-23(27-28-25(30)31-24)18-10-6-3-7-11-18/h2-15H,1H3. The highest BCUT2D eigenvalue weighted by molar-refractivity contribution is 7.20. The fraction of sp³-hybridized carbons (Fsp3) is 0.0400. The molecule has 0 saturated carbocycles. The van der Waals surface area contributed by atoms with Gasteiger partial charge in [-0.05, 0) is 25.1 Å². The van der Waals surface area contributed by atoms with E-state index in [2.05, 4.69) is 53.5 Å². The summed E-state index contributed by atoms with van der Waals surface area (Å²) in [6.07, 6.45) is 0. The second-order valence-electron chi connectivity index (χ2n) is 7.43. The minimum absolute atomic E-state index is 0.746. The van der Waals surface area contributed by atoms with Crippen molar-refractivity contribution >= 4 is 27.2 Å². The lowest BCUT2D eigenvalue weighted by Crippen LogP contribution is -1.93. The summed E-state index contributed by atoms with van der Waals surface area (Å²) in [6.45, 7) is 2.10. The van der Waals surface area contributed by atoms with E-state index in [-0.39, 0.29) is 0 Å². The summed E-state index contributed by atoms with van der Waals surface area (Å²) >= 11 is 1.54. The molecule has 0 saturated heterocycles. The van der Waals surface area contributed by atoms with E-state index in [1.807, 2.05) is 53.0 Å². The Balaban J connectivity index is 1.59. The molecule has 0 aliphatic rings. The van der Waals surface area contributed by atoms with E-state index in [4.69, 9.17) is 10.1 Å². The van der Waals surface area contributed by atoms with E-state index in [0.29, 0.717) is 0 Å². The zero-order valence-corrected chi connectivity index (χ0v) is 17.5. The van der Waals surface area contributed by atoms with Crippen molar-refractivity contribution in [1.82, 2.24) is 24.8 Å². The Bertz CT molecular complexity index is 1530. The van der Waals surface area contributed by atoms with Gasteiger partial charge in [-0.3, -0.25) is 0 Å². The van der Waals surface area contributed by atoms with Crippen LogP contribution in [0.15, 0.2) is 84.9 Å². The molecule has 6 heteroatoms. The van der Waals surface area contributed by atoms with Gasteiger partial charge in [-0.25, -0.2) is 4.98 Å². The van der Waals surface area contributed by atoms with Gasteiger partial charge in [-0.2, -0.15) is 9.61 Å². The fourth-order valence-electron chi connectivity index (χ4n) is 3.77. The Labute approximate surface area is 182 Å². The van der Waals surface area contributed by atoms with E-state index in [1.54, 1.807) is 11.3 Å². The summed E-state index contributed by atoms with van der Waals surface area (Å²) in [5.41, 5.74) is 6.21. The topological polar surface area (TPSA) is 56.0 Å². The predicted octanol–water partition coefficient (Wildman–Crippen LogP) is 6.04. The molecule has 3 heterocycles. The van der Waals surface area contributed by atoms with Gasteiger partial charge in [0, 0.05) is 22.1 Å². The molecule has 0 amide bonds. The maximum atomic E-state index is 4.92. The third kappa shape index (κ3) is 3.08. The lowest BCUT2D eigenvalue weighted by molar-refractivity contribution is 0.971. The molecule has 31 heavy (non-hydrogen) atoms. The van der Waals surface area contributed by atoms with Crippen molar-refractivity contribution in [1.29, 1.82) is 0 Å². The van der Waals surface area contributed by atoms with E-state index in [9.17, 15) is 0 Å². The number of hydrogen-bond donors (Lipinski definition) is 0. The molecule has 3 aromatic carbocycles.